The molecule has 0 bridgehead atoms. The quantitative estimate of drug-likeness (QED) is 0.640. The Bertz CT molecular complexity index is 267. The number of aromatic hydroxyl groups is 1. The predicted octanol–water partition coefficient (Wildman–Crippen LogP) is 1.50. The van der Waals surface area contributed by atoms with Crippen LogP contribution >= 0.6 is 0 Å². The maximum absolute atomic E-state index is 9.24. The summed E-state index contributed by atoms with van der Waals surface area (Å²) in [4.78, 5) is 0. The van der Waals surface area contributed by atoms with Gasteiger partial charge in [-0.2, -0.15) is 0 Å². The normalized spacial score (nSPS) is 10.1. The average Bonchev–Trinajstić information content (AvgIpc) is 1.99. The number of benzene rings is 1. The molecule has 2 nitrogen and oxygen atoms in total. The van der Waals surface area contributed by atoms with Crippen LogP contribution in [0.2, 0.25) is 0 Å². The van der Waals surface area contributed by atoms with Gasteiger partial charge in [0.1, 0.15) is 5.75 Å². The van der Waals surface area contributed by atoms with Crippen LogP contribution < -0.4 is 0 Å². The van der Waals surface area contributed by atoms with Gasteiger partial charge in [-0.1, -0.05) is 6.07 Å². The highest BCUT2D eigenvalue weighted by Crippen LogP contribution is 2.22. The van der Waals surface area contributed by atoms with Gasteiger partial charge in [0.2, 0.25) is 0 Å². The molecule has 2 N–H and O–H groups in total. The Morgan fingerprint density at radius 3 is 2.36 bits per heavy atom. The van der Waals surface area contributed by atoms with Crippen molar-refractivity contribution in [1.29, 1.82) is 0 Å². The monoisotopic (exact) mass is 152 g/mol. The van der Waals surface area contributed by atoms with Gasteiger partial charge in [0.25, 0.3) is 0 Å². The van der Waals surface area contributed by atoms with E-state index < -0.39 is 0 Å². The zero-order valence-corrected chi connectivity index (χ0v) is 6.76. The average molecular weight is 152 g/mol. The van der Waals surface area contributed by atoms with Crippen molar-refractivity contribution in [3.63, 3.8) is 0 Å². The Morgan fingerprint density at radius 2 is 1.91 bits per heavy atom. The molecule has 1 aromatic rings. The minimum Gasteiger partial charge on any atom is -0.508 e. The second-order valence-electron chi connectivity index (χ2n) is 2.66. The molecule has 0 unspecified atom stereocenters. The summed E-state index contributed by atoms with van der Waals surface area (Å²) in [6.07, 6.45) is 0. The van der Waals surface area contributed by atoms with E-state index in [4.69, 9.17) is 5.11 Å². The van der Waals surface area contributed by atoms with Gasteiger partial charge in [-0.15, -0.1) is 0 Å². The predicted molar refractivity (Wildman–Crippen MR) is 43.5 cm³/mol. The van der Waals surface area contributed by atoms with E-state index in [2.05, 4.69) is 0 Å². The molecule has 0 heterocycles. The molecule has 0 aliphatic carbocycles. The van der Waals surface area contributed by atoms with Crippen LogP contribution in [0.25, 0.3) is 0 Å². The van der Waals surface area contributed by atoms with E-state index in [1.165, 1.54) is 0 Å². The van der Waals surface area contributed by atoms with E-state index in [0.29, 0.717) is 0 Å². The molecule has 60 valence electrons. The van der Waals surface area contributed by atoms with Gasteiger partial charge in [0.05, 0.1) is 6.61 Å². The minimum atomic E-state index is -0.00787. The number of hydrogen-bond donors (Lipinski definition) is 2. The summed E-state index contributed by atoms with van der Waals surface area (Å²) < 4.78 is 0. The SMILES string of the molecule is Cc1ccc(O)c(C)c1CO. The summed E-state index contributed by atoms with van der Waals surface area (Å²) in [5.41, 5.74) is 2.61. The Labute approximate surface area is 66.1 Å². The molecule has 0 radical (unpaired) electrons. The lowest BCUT2D eigenvalue weighted by Gasteiger charge is -2.07. The summed E-state index contributed by atoms with van der Waals surface area (Å²) in [5, 5.41) is 18.2. The molecule has 0 atom stereocenters. The standard InChI is InChI=1S/C9H12O2/c1-6-3-4-9(11)7(2)8(6)5-10/h3-4,10-11H,5H2,1-2H3. The molecule has 0 aromatic heterocycles. The lowest BCUT2D eigenvalue weighted by Crippen LogP contribution is -1.92. The fourth-order valence-electron chi connectivity index (χ4n) is 1.12. The maximum Gasteiger partial charge on any atom is 0.118 e. The van der Waals surface area contributed by atoms with Crippen molar-refractivity contribution in [3.05, 3.63) is 28.8 Å². The second-order valence-corrected chi connectivity index (χ2v) is 2.66. The van der Waals surface area contributed by atoms with Crippen molar-refractivity contribution >= 4 is 0 Å². The van der Waals surface area contributed by atoms with Gasteiger partial charge in [-0.3, -0.25) is 0 Å². The molecule has 0 aliphatic rings. The fraction of sp³-hybridized carbons (Fsp3) is 0.333. The van der Waals surface area contributed by atoms with Crippen LogP contribution in [-0.4, -0.2) is 10.2 Å². The van der Waals surface area contributed by atoms with Crippen LogP contribution in [0.15, 0.2) is 12.1 Å². The molecular weight excluding hydrogens is 140 g/mol. The second kappa shape index (κ2) is 2.93. The Hall–Kier alpha value is -1.02. The van der Waals surface area contributed by atoms with E-state index in [0.717, 1.165) is 16.7 Å². The van der Waals surface area contributed by atoms with Crippen molar-refractivity contribution in [3.8, 4) is 5.75 Å². The van der Waals surface area contributed by atoms with Gasteiger partial charge < -0.3 is 10.2 Å². The van der Waals surface area contributed by atoms with E-state index in [1.54, 1.807) is 19.1 Å². The maximum atomic E-state index is 9.24. The summed E-state index contributed by atoms with van der Waals surface area (Å²) in [6, 6.07) is 3.44. The third-order valence-corrected chi connectivity index (χ3v) is 1.96. The Balaban J connectivity index is 3.29. The number of phenols is 1. The number of rotatable bonds is 1. The number of phenolic OH excluding ortho intramolecular Hbond substituents is 1. The molecule has 1 aromatic carbocycles. The van der Waals surface area contributed by atoms with Gasteiger partial charge in [0.15, 0.2) is 0 Å². The number of aliphatic hydroxyl groups is 1. The van der Waals surface area contributed by atoms with E-state index in [9.17, 15) is 5.11 Å². The summed E-state index contributed by atoms with van der Waals surface area (Å²) in [5.74, 6) is 0.250. The minimum absolute atomic E-state index is 0.00787. The van der Waals surface area contributed by atoms with Gasteiger partial charge in [-0.25, -0.2) is 0 Å². The zero-order chi connectivity index (χ0) is 8.43. The third-order valence-electron chi connectivity index (χ3n) is 1.96. The van der Waals surface area contributed by atoms with Crippen LogP contribution in [0, 0.1) is 13.8 Å². The van der Waals surface area contributed by atoms with Crippen LogP contribution in [0.3, 0.4) is 0 Å². The van der Waals surface area contributed by atoms with E-state index in [1.807, 2.05) is 6.92 Å². The first-order valence-electron chi connectivity index (χ1n) is 3.55. The lowest BCUT2D eigenvalue weighted by molar-refractivity contribution is 0.279. The molecule has 0 saturated heterocycles. The van der Waals surface area contributed by atoms with E-state index in [-0.39, 0.29) is 12.4 Å². The van der Waals surface area contributed by atoms with Gasteiger partial charge in [0, 0.05) is 0 Å². The first-order valence-corrected chi connectivity index (χ1v) is 3.55. The number of aliphatic hydroxyl groups excluding tert-OH is 1. The molecule has 0 spiro atoms. The molecule has 2 heteroatoms. The van der Waals surface area contributed by atoms with Crippen molar-refractivity contribution in [2.24, 2.45) is 0 Å². The highest BCUT2D eigenvalue weighted by atomic mass is 16.3. The first-order chi connectivity index (χ1) is 5.16. The highest BCUT2D eigenvalue weighted by molar-refractivity contribution is 5.42. The molecule has 0 fully saturated rings. The summed E-state index contributed by atoms with van der Waals surface area (Å²) >= 11 is 0. The summed E-state index contributed by atoms with van der Waals surface area (Å²) in [7, 11) is 0. The molecular formula is C9H12O2. The molecule has 0 aliphatic heterocycles. The number of hydrogen-bond acceptors (Lipinski definition) is 2. The van der Waals surface area contributed by atoms with Crippen LogP contribution in [0.1, 0.15) is 16.7 Å². The number of aryl methyl sites for hydroxylation is 1. The van der Waals surface area contributed by atoms with Crippen molar-refractivity contribution in [2.45, 2.75) is 20.5 Å². The summed E-state index contributed by atoms with van der Waals surface area (Å²) in [6.45, 7) is 3.71. The van der Waals surface area contributed by atoms with E-state index >= 15 is 0 Å². The van der Waals surface area contributed by atoms with Crippen molar-refractivity contribution in [1.82, 2.24) is 0 Å². The topological polar surface area (TPSA) is 40.5 Å². The third kappa shape index (κ3) is 1.35. The van der Waals surface area contributed by atoms with Crippen molar-refractivity contribution < 1.29 is 10.2 Å². The Morgan fingerprint density at radius 1 is 1.27 bits per heavy atom. The molecule has 1 rings (SSSR count). The smallest absolute Gasteiger partial charge is 0.118 e. The molecule has 0 amide bonds. The fourth-order valence-corrected chi connectivity index (χ4v) is 1.12. The van der Waals surface area contributed by atoms with Crippen LogP contribution in [0.4, 0.5) is 0 Å². The lowest BCUT2D eigenvalue weighted by atomic mass is 10.0. The van der Waals surface area contributed by atoms with Crippen molar-refractivity contribution in [2.75, 3.05) is 0 Å². The van der Waals surface area contributed by atoms with Gasteiger partial charge >= 0.3 is 0 Å². The van der Waals surface area contributed by atoms with Gasteiger partial charge in [-0.05, 0) is 36.6 Å². The largest absolute Gasteiger partial charge is 0.508 e. The molecule has 0 saturated carbocycles. The Kier molecular flexibility index (Phi) is 2.15. The first kappa shape index (κ1) is 8.08. The zero-order valence-electron chi connectivity index (χ0n) is 6.76. The van der Waals surface area contributed by atoms with Crippen LogP contribution in [0.5, 0.6) is 5.75 Å². The molecule has 11 heavy (non-hydrogen) atoms. The van der Waals surface area contributed by atoms with Crippen LogP contribution in [-0.2, 0) is 6.61 Å². The highest BCUT2D eigenvalue weighted by Gasteiger charge is 2.04.